The third-order valence-electron chi connectivity index (χ3n) is 1.75. The smallest absolute Gasteiger partial charge is 0.270 e. The summed E-state index contributed by atoms with van der Waals surface area (Å²) < 4.78 is 26.0. The van der Waals surface area contributed by atoms with E-state index in [2.05, 4.69) is 4.18 Å². The average molecular weight is 150 g/mol. The summed E-state index contributed by atoms with van der Waals surface area (Å²) in [5.74, 6) is 0.148. The van der Waals surface area contributed by atoms with Crippen molar-refractivity contribution in [3.63, 3.8) is 0 Å². The van der Waals surface area contributed by atoms with Gasteiger partial charge >= 0.3 is 0 Å². The minimum atomic E-state index is -3.17. The molecule has 0 amide bonds. The standard InChI is InChI=1S/C5H10O3S/c1-4-3-8-9(6,7)5(4)2/h4-5H,3H2,1-2H3. The number of hydrogen-bond acceptors (Lipinski definition) is 3. The van der Waals surface area contributed by atoms with Gasteiger partial charge in [0, 0.05) is 0 Å². The fourth-order valence-electron chi connectivity index (χ4n) is 0.730. The Morgan fingerprint density at radius 1 is 1.44 bits per heavy atom. The van der Waals surface area contributed by atoms with E-state index in [4.69, 9.17) is 0 Å². The van der Waals surface area contributed by atoms with Crippen LogP contribution in [0.2, 0.25) is 0 Å². The zero-order valence-electron chi connectivity index (χ0n) is 5.49. The van der Waals surface area contributed by atoms with Crippen LogP contribution in [-0.4, -0.2) is 20.3 Å². The lowest BCUT2D eigenvalue weighted by molar-refractivity contribution is 0.319. The molecule has 2 atom stereocenters. The molecule has 0 aromatic carbocycles. The molecule has 0 radical (unpaired) electrons. The molecule has 9 heavy (non-hydrogen) atoms. The van der Waals surface area contributed by atoms with Crippen LogP contribution < -0.4 is 0 Å². The SMILES string of the molecule is CC1COS(=O)(=O)C1C. The number of hydrogen-bond donors (Lipinski definition) is 0. The molecule has 0 saturated carbocycles. The first-order chi connectivity index (χ1) is 4.04. The molecular weight excluding hydrogens is 140 g/mol. The predicted octanol–water partition coefficient (Wildman–Crippen LogP) is 0.371. The Morgan fingerprint density at radius 2 is 2.00 bits per heavy atom. The largest absolute Gasteiger partial charge is 0.270 e. The molecule has 0 N–H and O–H groups in total. The van der Waals surface area contributed by atoms with Crippen molar-refractivity contribution in [2.24, 2.45) is 5.92 Å². The molecule has 4 heteroatoms. The van der Waals surface area contributed by atoms with E-state index in [9.17, 15) is 8.42 Å². The highest BCUT2D eigenvalue weighted by Gasteiger charge is 2.34. The van der Waals surface area contributed by atoms with Gasteiger partial charge in [-0.05, 0) is 12.8 Å². The molecule has 1 saturated heterocycles. The zero-order chi connectivity index (χ0) is 7.07. The van der Waals surface area contributed by atoms with E-state index in [0.717, 1.165) is 0 Å². The van der Waals surface area contributed by atoms with Gasteiger partial charge in [-0.25, -0.2) is 0 Å². The second-order valence-corrected chi connectivity index (χ2v) is 4.42. The number of rotatable bonds is 0. The Balaban J connectivity index is 2.87. The minimum Gasteiger partial charge on any atom is -0.270 e. The van der Waals surface area contributed by atoms with Gasteiger partial charge in [0.05, 0.1) is 11.9 Å². The Hall–Kier alpha value is -0.0900. The van der Waals surface area contributed by atoms with E-state index in [1.165, 1.54) is 0 Å². The summed E-state index contributed by atoms with van der Waals surface area (Å²) in [6, 6.07) is 0. The Morgan fingerprint density at radius 3 is 2.11 bits per heavy atom. The molecule has 3 nitrogen and oxygen atoms in total. The quantitative estimate of drug-likeness (QED) is 0.468. The van der Waals surface area contributed by atoms with Crippen LogP contribution in [0.3, 0.4) is 0 Å². The molecule has 1 heterocycles. The normalized spacial score (nSPS) is 41.1. The predicted molar refractivity (Wildman–Crippen MR) is 33.5 cm³/mol. The first-order valence-electron chi connectivity index (χ1n) is 2.92. The van der Waals surface area contributed by atoms with E-state index in [-0.39, 0.29) is 11.2 Å². The third-order valence-corrected chi connectivity index (χ3v) is 3.59. The molecule has 0 aromatic heterocycles. The van der Waals surface area contributed by atoms with Gasteiger partial charge in [0.2, 0.25) is 0 Å². The van der Waals surface area contributed by atoms with Crippen molar-refractivity contribution in [1.29, 1.82) is 0 Å². The molecule has 54 valence electrons. The summed E-state index contributed by atoms with van der Waals surface area (Å²) in [5, 5.41) is -0.322. The van der Waals surface area contributed by atoms with Crippen molar-refractivity contribution in [2.45, 2.75) is 19.1 Å². The van der Waals surface area contributed by atoms with Gasteiger partial charge in [-0.1, -0.05) is 6.92 Å². The Kier molecular flexibility index (Phi) is 1.52. The molecule has 0 aromatic rings. The Labute approximate surface area is 55.1 Å². The van der Waals surface area contributed by atoms with Gasteiger partial charge in [0.25, 0.3) is 10.1 Å². The second kappa shape index (κ2) is 1.95. The highest BCUT2D eigenvalue weighted by molar-refractivity contribution is 7.87. The van der Waals surface area contributed by atoms with Gasteiger partial charge in [0.1, 0.15) is 0 Å². The van der Waals surface area contributed by atoms with Gasteiger partial charge in [-0.2, -0.15) is 8.42 Å². The minimum absolute atomic E-state index is 0.148. The average Bonchev–Trinajstić information content (AvgIpc) is 1.97. The van der Waals surface area contributed by atoms with Crippen molar-refractivity contribution in [2.75, 3.05) is 6.61 Å². The molecule has 0 aliphatic carbocycles. The molecular formula is C5H10O3S. The van der Waals surface area contributed by atoms with Crippen LogP contribution in [0.4, 0.5) is 0 Å². The lowest BCUT2D eigenvalue weighted by Crippen LogP contribution is -2.15. The highest BCUT2D eigenvalue weighted by Crippen LogP contribution is 2.22. The third kappa shape index (κ3) is 1.09. The first-order valence-corrected chi connectivity index (χ1v) is 4.39. The van der Waals surface area contributed by atoms with E-state index in [0.29, 0.717) is 6.61 Å². The summed E-state index contributed by atoms with van der Waals surface area (Å²) in [7, 11) is -3.17. The monoisotopic (exact) mass is 150 g/mol. The zero-order valence-corrected chi connectivity index (χ0v) is 6.31. The summed E-state index contributed by atoms with van der Waals surface area (Å²) in [6.45, 7) is 3.89. The van der Waals surface area contributed by atoms with E-state index < -0.39 is 10.1 Å². The first kappa shape index (κ1) is 7.02. The summed E-state index contributed by atoms with van der Waals surface area (Å²) in [5.41, 5.74) is 0. The topological polar surface area (TPSA) is 43.4 Å². The van der Waals surface area contributed by atoms with Crippen molar-refractivity contribution < 1.29 is 12.6 Å². The molecule has 1 rings (SSSR count). The molecule has 1 aliphatic rings. The summed E-state index contributed by atoms with van der Waals surface area (Å²) in [4.78, 5) is 0. The van der Waals surface area contributed by atoms with Crippen molar-refractivity contribution in [3.05, 3.63) is 0 Å². The maximum absolute atomic E-state index is 10.7. The van der Waals surface area contributed by atoms with Crippen molar-refractivity contribution >= 4 is 10.1 Å². The van der Waals surface area contributed by atoms with Crippen LogP contribution in [0, 0.1) is 5.92 Å². The lowest BCUT2D eigenvalue weighted by Gasteiger charge is -2.01. The van der Waals surface area contributed by atoms with E-state index in [1.807, 2.05) is 6.92 Å². The van der Waals surface area contributed by atoms with Crippen molar-refractivity contribution in [1.82, 2.24) is 0 Å². The van der Waals surface area contributed by atoms with Gasteiger partial charge in [-0.3, -0.25) is 4.18 Å². The van der Waals surface area contributed by atoms with E-state index in [1.54, 1.807) is 6.92 Å². The van der Waals surface area contributed by atoms with Gasteiger partial charge in [0.15, 0.2) is 0 Å². The lowest BCUT2D eigenvalue weighted by atomic mass is 10.1. The van der Waals surface area contributed by atoms with E-state index >= 15 is 0 Å². The fourth-order valence-corrected chi connectivity index (χ4v) is 2.00. The van der Waals surface area contributed by atoms with Gasteiger partial charge in [-0.15, -0.1) is 0 Å². The van der Waals surface area contributed by atoms with Crippen LogP contribution in [0.15, 0.2) is 0 Å². The van der Waals surface area contributed by atoms with Gasteiger partial charge < -0.3 is 0 Å². The molecule has 1 aliphatic heterocycles. The maximum Gasteiger partial charge on any atom is 0.270 e. The molecule has 0 bridgehead atoms. The van der Waals surface area contributed by atoms with Crippen LogP contribution in [0.1, 0.15) is 13.8 Å². The molecule has 1 fully saturated rings. The molecule has 2 unspecified atom stereocenters. The van der Waals surface area contributed by atoms with Crippen molar-refractivity contribution in [3.8, 4) is 0 Å². The Bertz CT molecular complexity index is 194. The van der Waals surface area contributed by atoms with Crippen LogP contribution in [-0.2, 0) is 14.3 Å². The molecule has 0 spiro atoms. The highest BCUT2D eigenvalue weighted by atomic mass is 32.2. The van der Waals surface area contributed by atoms with Crippen LogP contribution >= 0.6 is 0 Å². The summed E-state index contributed by atoms with van der Waals surface area (Å²) >= 11 is 0. The maximum atomic E-state index is 10.7. The second-order valence-electron chi connectivity index (χ2n) is 2.46. The van der Waals surface area contributed by atoms with Crippen LogP contribution in [0.25, 0.3) is 0 Å². The summed E-state index contributed by atoms with van der Waals surface area (Å²) in [6.07, 6.45) is 0. The van der Waals surface area contributed by atoms with Crippen LogP contribution in [0.5, 0.6) is 0 Å². The fraction of sp³-hybridized carbons (Fsp3) is 1.00.